The van der Waals surface area contributed by atoms with Gasteiger partial charge in [0.15, 0.2) is 5.82 Å². The zero-order valence-electron chi connectivity index (χ0n) is 13.1. The molecule has 0 saturated carbocycles. The summed E-state index contributed by atoms with van der Waals surface area (Å²) in [5.41, 5.74) is 3.55. The monoisotopic (exact) mass is 339 g/mol. The first-order valence-corrected chi connectivity index (χ1v) is 8.86. The second-order valence-electron chi connectivity index (χ2n) is 5.84. The average Bonchev–Trinajstić information content (AvgIpc) is 3.03. The summed E-state index contributed by atoms with van der Waals surface area (Å²) in [6.07, 6.45) is 6.32. The number of nitrogens with zero attached hydrogens (tertiary/aromatic N) is 4. The number of aromatic nitrogens is 4. The number of rotatable bonds is 3. The molecule has 4 heterocycles. The van der Waals surface area contributed by atoms with Gasteiger partial charge in [0.2, 0.25) is 0 Å². The molecule has 4 rings (SSSR count). The van der Waals surface area contributed by atoms with Crippen LogP contribution in [0.1, 0.15) is 16.8 Å². The summed E-state index contributed by atoms with van der Waals surface area (Å²) in [7, 11) is 0. The summed E-state index contributed by atoms with van der Waals surface area (Å²) < 4.78 is 0. The molecule has 0 bridgehead atoms. The third-order valence-corrected chi connectivity index (χ3v) is 4.97. The Kier molecular flexibility index (Phi) is 4.18. The minimum atomic E-state index is -0.0574. The Balaban J connectivity index is 1.59. The number of hydrogen-bond donors (Lipinski definition) is 1. The van der Waals surface area contributed by atoms with Crippen molar-refractivity contribution in [2.75, 3.05) is 13.1 Å². The first kappa shape index (κ1) is 15.2. The SMILES string of the molecule is O=c1[nH]c(-c2cnccn2)nc2c1CCN(Cc1ccsc1)CC2. The first-order chi connectivity index (χ1) is 11.8. The highest BCUT2D eigenvalue weighted by Crippen LogP contribution is 2.17. The third kappa shape index (κ3) is 3.13. The Morgan fingerprint density at radius 3 is 2.96 bits per heavy atom. The van der Waals surface area contributed by atoms with Crippen molar-refractivity contribution in [3.8, 4) is 11.5 Å². The molecule has 0 fully saturated rings. The van der Waals surface area contributed by atoms with Crippen molar-refractivity contribution in [3.63, 3.8) is 0 Å². The van der Waals surface area contributed by atoms with Crippen molar-refractivity contribution in [1.29, 1.82) is 0 Å². The maximum absolute atomic E-state index is 12.5. The minimum Gasteiger partial charge on any atom is -0.305 e. The Morgan fingerprint density at radius 1 is 1.25 bits per heavy atom. The van der Waals surface area contributed by atoms with E-state index >= 15 is 0 Å². The predicted molar refractivity (Wildman–Crippen MR) is 92.9 cm³/mol. The average molecular weight is 339 g/mol. The fourth-order valence-electron chi connectivity index (χ4n) is 3.00. The highest BCUT2D eigenvalue weighted by Gasteiger charge is 2.19. The van der Waals surface area contributed by atoms with E-state index in [-0.39, 0.29) is 5.56 Å². The Labute approximate surface area is 143 Å². The highest BCUT2D eigenvalue weighted by atomic mass is 32.1. The zero-order valence-corrected chi connectivity index (χ0v) is 13.9. The van der Waals surface area contributed by atoms with Crippen LogP contribution in [0.3, 0.4) is 0 Å². The number of aromatic amines is 1. The first-order valence-electron chi connectivity index (χ1n) is 7.91. The van der Waals surface area contributed by atoms with Gasteiger partial charge >= 0.3 is 0 Å². The van der Waals surface area contributed by atoms with Gasteiger partial charge in [-0.25, -0.2) is 9.97 Å². The van der Waals surface area contributed by atoms with E-state index < -0.39 is 0 Å². The lowest BCUT2D eigenvalue weighted by atomic mass is 10.1. The molecule has 0 aliphatic carbocycles. The molecular weight excluding hydrogens is 322 g/mol. The number of hydrogen-bond acceptors (Lipinski definition) is 6. The van der Waals surface area contributed by atoms with E-state index in [4.69, 9.17) is 0 Å². The van der Waals surface area contributed by atoms with Crippen LogP contribution in [0.15, 0.2) is 40.2 Å². The Hall–Kier alpha value is -2.38. The van der Waals surface area contributed by atoms with Gasteiger partial charge in [0.1, 0.15) is 5.69 Å². The van der Waals surface area contributed by atoms with E-state index in [9.17, 15) is 4.79 Å². The molecular formula is C17H17N5OS. The van der Waals surface area contributed by atoms with Gasteiger partial charge in [-0.3, -0.25) is 14.7 Å². The molecule has 3 aromatic rings. The third-order valence-electron chi connectivity index (χ3n) is 4.24. The summed E-state index contributed by atoms with van der Waals surface area (Å²) in [6.45, 7) is 2.70. The summed E-state index contributed by atoms with van der Waals surface area (Å²) >= 11 is 1.72. The van der Waals surface area contributed by atoms with E-state index in [0.29, 0.717) is 11.5 Å². The Morgan fingerprint density at radius 2 is 2.17 bits per heavy atom. The largest absolute Gasteiger partial charge is 0.305 e. The second-order valence-corrected chi connectivity index (χ2v) is 6.62. The molecule has 3 aromatic heterocycles. The van der Waals surface area contributed by atoms with Crippen molar-refractivity contribution in [2.45, 2.75) is 19.4 Å². The number of H-pyrrole nitrogens is 1. The van der Waals surface area contributed by atoms with Crippen LogP contribution >= 0.6 is 11.3 Å². The van der Waals surface area contributed by atoms with E-state index in [0.717, 1.165) is 43.7 Å². The van der Waals surface area contributed by atoms with Crippen LogP contribution < -0.4 is 5.56 Å². The summed E-state index contributed by atoms with van der Waals surface area (Å²) in [5, 5.41) is 4.27. The molecule has 1 aliphatic rings. The fraction of sp³-hybridized carbons (Fsp3) is 0.294. The minimum absolute atomic E-state index is 0.0574. The number of thiophene rings is 1. The van der Waals surface area contributed by atoms with Gasteiger partial charge in [-0.15, -0.1) is 0 Å². The van der Waals surface area contributed by atoms with Crippen LogP contribution in [0.2, 0.25) is 0 Å². The zero-order chi connectivity index (χ0) is 16.4. The van der Waals surface area contributed by atoms with Gasteiger partial charge in [0.25, 0.3) is 5.56 Å². The van der Waals surface area contributed by atoms with Crippen molar-refractivity contribution in [2.24, 2.45) is 0 Å². The summed E-state index contributed by atoms with van der Waals surface area (Å²) in [6, 6.07) is 2.15. The van der Waals surface area contributed by atoms with Gasteiger partial charge in [-0.2, -0.15) is 11.3 Å². The molecule has 0 atom stereocenters. The van der Waals surface area contributed by atoms with Crippen molar-refractivity contribution >= 4 is 11.3 Å². The van der Waals surface area contributed by atoms with E-state index in [1.165, 1.54) is 5.56 Å². The van der Waals surface area contributed by atoms with Gasteiger partial charge in [0.05, 0.1) is 11.9 Å². The van der Waals surface area contributed by atoms with Crippen molar-refractivity contribution < 1.29 is 0 Å². The lowest BCUT2D eigenvalue weighted by Gasteiger charge is -2.18. The smallest absolute Gasteiger partial charge is 0.254 e. The molecule has 0 unspecified atom stereocenters. The van der Waals surface area contributed by atoms with E-state index in [1.54, 1.807) is 29.9 Å². The van der Waals surface area contributed by atoms with Crippen LogP contribution in [0.25, 0.3) is 11.5 Å². The van der Waals surface area contributed by atoms with Crippen LogP contribution in [0.4, 0.5) is 0 Å². The number of nitrogens with one attached hydrogen (secondary N) is 1. The standard InChI is InChI=1S/C17H17N5OS/c23-17-13-1-6-22(10-12-3-8-24-11-12)7-2-14(13)20-16(21-17)15-9-18-4-5-19-15/h3-5,8-9,11H,1-2,6-7,10H2,(H,20,21,23). The topological polar surface area (TPSA) is 74.8 Å². The van der Waals surface area contributed by atoms with E-state index in [1.807, 2.05) is 0 Å². The van der Waals surface area contributed by atoms with Gasteiger partial charge < -0.3 is 4.98 Å². The maximum Gasteiger partial charge on any atom is 0.254 e. The quantitative estimate of drug-likeness (QED) is 0.789. The summed E-state index contributed by atoms with van der Waals surface area (Å²) in [5.74, 6) is 0.498. The lowest BCUT2D eigenvalue weighted by molar-refractivity contribution is 0.279. The van der Waals surface area contributed by atoms with Gasteiger partial charge in [-0.1, -0.05) is 0 Å². The van der Waals surface area contributed by atoms with Crippen molar-refractivity contribution in [3.05, 3.63) is 62.6 Å². The predicted octanol–water partition coefficient (Wildman–Crippen LogP) is 1.89. The van der Waals surface area contributed by atoms with Crippen LogP contribution in [-0.4, -0.2) is 37.9 Å². The second kappa shape index (κ2) is 6.62. The molecule has 7 heteroatoms. The molecule has 6 nitrogen and oxygen atoms in total. The molecule has 1 aliphatic heterocycles. The molecule has 0 amide bonds. The highest BCUT2D eigenvalue weighted by molar-refractivity contribution is 7.07. The molecule has 122 valence electrons. The molecule has 24 heavy (non-hydrogen) atoms. The fourth-order valence-corrected chi connectivity index (χ4v) is 3.66. The molecule has 0 spiro atoms. The van der Waals surface area contributed by atoms with Crippen LogP contribution in [0.5, 0.6) is 0 Å². The molecule has 0 aromatic carbocycles. The lowest BCUT2D eigenvalue weighted by Crippen LogP contribution is -2.26. The van der Waals surface area contributed by atoms with Crippen molar-refractivity contribution in [1.82, 2.24) is 24.8 Å². The normalized spacial score (nSPS) is 15.0. The molecule has 0 radical (unpaired) electrons. The van der Waals surface area contributed by atoms with Gasteiger partial charge in [-0.05, 0) is 28.8 Å². The van der Waals surface area contributed by atoms with Crippen LogP contribution in [-0.2, 0) is 19.4 Å². The molecule has 1 N–H and O–H groups in total. The van der Waals surface area contributed by atoms with E-state index in [2.05, 4.69) is 41.7 Å². The summed E-state index contributed by atoms with van der Waals surface area (Å²) in [4.78, 5) is 30.6. The molecule has 0 saturated heterocycles. The number of fused-ring (bicyclic) bond motifs is 1. The van der Waals surface area contributed by atoms with Crippen LogP contribution in [0, 0.1) is 0 Å². The maximum atomic E-state index is 12.5. The van der Waals surface area contributed by atoms with Gasteiger partial charge in [0, 0.05) is 44.0 Å². The Bertz CT molecular complexity index is 876.